The van der Waals surface area contributed by atoms with E-state index in [9.17, 15) is 38.0 Å². The Morgan fingerprint density at radius 1 is 1.27 bits per heavy atom. The molecule has 0 radical (unpaired) electrons. The molecular formula is C12H17FN3O14P3. The molecule has 17 nitrogen and oxygen atoms in total. The first-order valence-electron chi connectivity index (χ1n) is 8.23. The molecule has 21 heteroatoms. The molecule has 0 saturated carbocycles. The Balaban J connectivity index is 2.27. The molecule has 33 heavy (non-hydrogen) atoms. The van der Waals surface area contributed by atoms with E-state index in [-0.39, 0.29) is 0 Å². The second kappa shape index (κ2) is 9.61. The van der Waals surface area contributed by atoms with Crippen LogP contribution in [0, 0.1) is 17.7 Å². The van der Waals surface area contributed by atoms with Gasteiger partial charge in [-0.2, -0.15) is 13.6 Å². The first kappa shape index (κ1) is 27.7. The number of anilines is 1. The smallest absolute Gasteiger partial charge is 0.386 e. The van der Waals surface area contributed by atoms with E-state index in [1.807, 2.05) is 0 Å². The van der Waals surface area contributed by atoms with Crippen molar-refractivity contribution in [1.29, 1.82) is 0 Å². The van der Waals surface area contributed by atoms with Gasteiger partial charge in [-0.3, -0.25) is 9.09 Å². The highest BCUT2D eigenvalue weighted by Crippen LogP contribution is 2.66. The molecule has 0 spiro atoms. The number of nitrogens with zero attached hydrogens (tertiary/aromatic N) is 2. The summed E-state index contributed by atoms with van der Waals surface area (Å²) in [6.07, 6.45) is -5.33. The summed E-state index contributed by atoms with van der Waals surface area (Å²) in [5.74, 6) is 2.43. The molecule has 186 valence electrons. The lowest BCUT2D eigenvalue weighted by Gasteiger charge is -2.26. The van der Waals surface area contributed by atoms with Crippen LogP contribution in [-0.2, 0) is 31.6 Å². The van der Waals surface area contributed by atoms with Gasteiger partial charge in [0, 0.05) is 0 Å². The van der Waals surface area contributed by atoms with Crippen LogP contribution in [0.25, 0.3) is 0 Å². The van der Waals surface area contributed by atoms with Crippen molar-refractivity contribution >= 4 is 29.3 Å². The minimum atomic E-state index is -5.81. The molecule has 1 aromatic rings. The average Bonchev–Trinajstić information content (AvgIpc) is 2.85. The van der Waals surface area contributed by atoms with Crippen molar-refractivity contribution in [3.8, 4) is 11.8 Å². The highest BCUT2D eigenvalue weighted by molar-refractivity contribution is 7.66. The number of phosphoric ester groups is 1. The van der Waals surface area contributed by atoms with Crippen LogP contribution >= 0.6 is 23.5 Å². The van der Waals surface area contributed by atoms with Crippen molar-refractivity contribution in [2.45, 2.75) is 31.0 Å². The average molecular weight is 539 g/mol. The number of aliphatic hydroxyl groups excluding tert-OH is 1. The van der Waals surface area contributed by atoms with Gasteiger partial charge in [-0.15, -0.1) is 5.92 Å². The van der Waals surface area contributed by atoms with Gasteiger partial charge in [0.1, 0.15) is 12.2 Å². The van der Waals surface area contributed by atoms with E-state index in [1.54, 1.807) is 0 Å². The fraction of sp³-hybridized carbons (Fsp3) is 0.500. The van der Waals surface area contributed by atoms with Gasteiger partial charge >= 0.3 is 29.2 Å². The Bertz CT molecular complexity index is 1180. The molecule has 2 heterocycles. The lowest BCUT2D eigenvalue weighted by atomic mass is 9.94. The number of aliphatic hydroxyl groups is 2. The Hall–Kier alpha value is -1.54. The highest BCUT2D eigenvalue weighted by Gasteiger charge is 2.57. The van der Waals surface area contributed by atoms with E-state index in [2.05, 4.69) is 30.0 Å². The van der Waals surface area contributed by atoms with Crippen molar-refractivity contribution in [2.75, 3.05) is 12.3 Å². The summed E-state index contributed by atoms with van der Waals surface area (Å²) in [7, 11) is -17.0. The number of phosphoric acid groups is 3. The highest BCUT2D eigenvalue weighted by atomic mass is 31.3. The quantitative estimate of drug-likeness (QED) is 0.144. The van der Waals surface area contributed by atoms with E-state index < -0.39 is 71.4 Å². The van der Waals surface area contributed by atoms with Crippen LogP contribution in [0.1, 0.15) is 13.2 Å². The monoisotopic (exact) mass is 539 g/mol. The molecule has 1 fully saturated rings. The Morgan fingerprint density at radius 2 is 1.88 bits per heavy atom. The molecule has 1 aliphatic heterocycles. The van der Waals surface area contributed by atoms with Crippen molar-refractivity contribution in [1.82, 2.24) is 9.55 Å². The van der Waals surface area contributed by atoms with Crippen LogP contribution in [0.5, 0.6) is 0 Å². The van der Waals surface area contributed by atoms with Crippen LogP contribution in [-0.4, -0.2) is 63.8 Å². The Labute approximate surface area is 183 Å². The molecule has 0 aromatic carbocycles. The first-order chi connectivity index (χ1) is 14.9. The number of ether oxygens (including phenoxy) is 1. The van der Waals surface area contributed by atoms with Gasteiger partial charge in [0.25, 0.3) is 0 Å². The summed E-state index contributed by atoms with van der Waals surface area (Å²) in [5.41, 5.74) is 1.33. The van der Waals surface area contributed by atoms with Gasteiger partial charge in [-0.25, -0.2) is 22.9 Å². The predicted molar refractivity (Wildman–Crippen MR) is 101 cm³/mol. The van der Waals surface area contributed by atoms with Crippen molar-refractivity contribution < 1.29 is 65.8 Å². The molecule has 8 N–H and O–H groups in total. The lowest BCUT2D eigenvalue weighted by Crippen LogP contribution is -2.48. The van der Waals surface area contributed by atoms with E-state index in [1.165, 1.54) is 6.92 Å². The number of hydrogen-bond donors (Lipinski definition) is 7. The summed E-state index contributed by atoms with van der Waals surface area (Å²) in [6, 6.07) is 0. The van der Waals surface area contributed by atoms with Crippen LogP contribution in [0.3, 0.4) is 0 Å². The fourth-order valence-corrected chi connectivity index (χ4v) is 5.64. The van der Waals surface area contributed by atoms with E-state index in [0.717, 1.165) is 0 Å². The number of nitrogen functional groups attached to an aromatic ring is 1. The maximum atomic E-state index is 13.8. The zero-order chi connectivity index (χ0) is 25.4. The van der Waals surface area contributed by atoms with Gasteiger partial charge in [-0.05, 0) is 6.92 Å². The lowest BCUT2D eigenvalue weighted by molar-refractivity contribution is -0.0765. The zero-order valence-electron chi connectivity index (χ0n) is 16.2. The van der Waals surface area contributed by atoms with Crippen LogP contribution in [0.2, 0.25) is 0 Å². The normalized spacial score (nSPS) is 29.0. The number of hydrogen-bond acceptors (Lipinski definition) is 12. The van der Waals surface area contributed by atoms with Gasteiger partial charge in [-0.1, -0.05) is 5.92 Å². The molecule has 0 aliphatic carbocycles. The van der Waals surface area contributed by atoms with Crippen LogP contribution in [0.4, 0.5) is 10.2 Å². The third-order valence-corrected chi connectivity index (χ3v) is 7.62. The largest absolute Gasteiger partial charge is 0.490 e. The standard InChI is InChI=1S/C12H17FN3O14P3/c1-2-3-12(19)8(17)7(28-10(12)16-4-6(13)9(14)15-11(16)18)5-27-32(23,24)30-33(25,26)29-31(20,21)22/h4,7-8,10,17,19H,5H2,1H3,(H,23,24)(H,25,26)(H2,14,15,18)(H2,20,21,22)/t7-,8+,10-,12?/m1/s1. The molecule has 0 amide bonds. The Morgan fingerprint density at radius 3 is 2.42 bits per heavy atom. The van der Waals surface area contributed by atoms with Gasteiger partial charge < -0.3 is 40.3 Å². The molecule has 0 bridgehead atoms. The Kier molecular flexibility index (Phi) is 8.06. The third kappa shape index (κ3) is 6.75. The number of halogens is 1. The second-order valence-electron chi connectivity index (χ2n) is 6.22. The number of rotatable bonds is 8. The third-order valence-electron chi connectivity index (χ3n) is 3.81. The summed E-state index contributed by atoms with van der Waals surface area (Å²) in [5, 5.41) is 21.2. The number of nitrogens with two attached hydrogens (primary N) is 1. The summed E-state index contributed by atoms with van der Waals surface area (Å²) in [6.45, 7) is 0.0421. The first-order valence-corrected chi connectivity index (χ1v) is 12.8. The van der Waals surface area contributed by atoms with Crippen LogP contribution < -0.4 is 11.4 Å². The summed E-state index contributed by atoms with van der Waals surface area (Å²) >= 11 is 0. The molecular weight excluding hydrogens is 522 g/mol. The van der Waals surface area contributed by atoms with Gasteiger partial charge in [0.2, 0.25) is 0 Å². The van der Waals surface area contributed by atoms with Crippen molar-refractivity contribution in [3.63, 3.8) is 0 Å². The predicted octanol–water partition coefficient (Wildman–Crippen LogP) is -1.68. The van der Waals surface area contributed by atoms with E-state index in [4.69, 9.17) is 25.2 Å². The molecule has 1 saturated heterocycles. The minimum Gasteiger partial charge on any atom is -0.386 e. The second-order valence-corrected chi connectivity index (χ2v) is 10.6. The number of aromatic nitrogens is 2. The topological polar surface area (TPSA) is 270 Å². The minimum absolute atomic E-state index is 0.393. The molecule has 2 rings (SSSR count). The van der Waals surface area contributed by atoms with Crippen LogP contribution in [0.15, 0.2) is 11.0 Å². The maximum Gasteiger partial charge on any atom is 0.490 e. The molecule has 1 aromatic heterocycles. The summed E-state index contributed by atoms with van der Waals surface area (Å²) < 4.78 is 64.7. The van der Waals surface area contributed by atoms with E-state index in [0.29, 0.717) is 10.8 Å². The molecule has 3 unspecified atom stereocenters. The van der Waals surface area contributed by atoms with E-state index >= 15 is 0 Å². The molecule has 1 aliphatic rings. The maximum absolute atomic E-state index is 13.8. The van der Waals surface area contributed by atoms with Gasteiger partial charge in [0.15, 0.2) is 23.5 Å². The van der Waals surface area contributed by atoms with Crippen molar-refractivity contribution in [3.05, 3.63) is 22.5 Å². The fourth-order valence-electron chi connectivity index (χ4n) is 2.61. The van der Waals surface area contributed by atoms with Crippen molar-refractivity contribution in [2.24, 2.45) is 0 Å². The molecule has 6 atom stereocenters. The summed E-state index contributed by atoms with van der Waals surface area (Å²) in [4.78, 5) is 50.9. The zero-order valence-corrected chi connectivity index (χ0v) is 18.8. The van der Waals surface area contributed by atoms with Gasteiger partial charge in [0.05, 0.1) is 12.8 Å². The SMILES string of the molecule is CC#CC1(O)[C@@H](O)[C@@H](COP(=O)(O)OP(=O)(O)OP(=O)(O)O)O[C@H]1n1cc(F)c(N)nc1=O.